The molecule has 1 aromatic heterocycles. The molecular weight excluding hydrogens is 332 g/mol. The normalized spacial score (nSPS) is 12.1. The molecule has 1 atom stereocenters. The lowest BCUT2D eigenvalue weighted by Gasteiger charge is -2.14. The highest BCUT2D eigenvalue weighted by atomic mass is 16.5. The molecule has 2 aromatic carbocycles. The third-order valence-electron chi connectivity index (χ3n) is 4.04. The molecule has 0 saturated carbocycles. The van der Waals surface area contributed by atoms with E-state index in [4.69, 9.17) is 9.15 Å². The Labute approximate surface area is 151 Å². The van der Waals surface area contributed by atoms with Crippen LogP contribution in [-0.2, 0) is 9.59 Å². The molecule has 0 saturated heterocycles. The molecule has 26 heavy (non-hydrogen) atoms. The summed E-state index contributed by atoms with van der Waals surface area (Å²) in [6.45, 7) is 4.05. The first-order valence-electron chi connectivity index (χ1n) is 8.69. The highest BCUT2D eigenvalue weighted by Crippen LogP contribution is 2.31. The van der Waals surface area contributed by atoms with Gasteiger partial charge in [0.1, 0.15) is 23.0 Å². The van der Waals surface area contributed by atoms with E-state index in [-0.39, 0.29) is 18.4 Å². The Kier molecular flexibility index (Phi) is 5.41. The second-order valence-corrected chi connectivity index (χ2v) is 6.13. The predicted octanol–water partition coefficient (Wildman–Crippen LogP) is 3.00. The number of hydrogen-bond donors (Lipinski definition) is 2. The molecule has 0 unspecified atom stereocenters. The van der Waals surface area contributed by atoms with Gasteiger partial charge >= 0.3 is 0 Å². The van der Waals surface area contributed by atoms with Gasteiger partial charge in [-0.1, -0.05) is 25.1 Å². The molecule has 6 nitrogen and oxygen atoms in total. The number of carbonyl (C=O) groups excluding carboxylic acids is 2. The summed E-state index contributed by atoms with van der Waals surface area (Å²) < 4.78 is 11.3. The maximum absolute atomic E-state index is 12.0. The molecule has 0 radical (unpaired) electrons. The first kappa shape index (κ1) is 17.8. The van der Waals surface area contributed by atoms with Crippen LogP contribution in [0.3, 0.4) is 0 Å². The number of rotatable bonds is 7. The van der Waals surface area contributed by atoms with Gasteiger partial charge in [0.2, 0.25) is 5.91 Å². The lowest BCUT2D eigenvalue weighted by atomic mass is 10.1. The largest absolute Gasteiger partial charge is 0.484 e. The zero-order valence-electron chi connectivity index (χ0n) is 14.9. The summed E-state index contributed by atoms with van der Waals surface area (Å²) >= 11 is 0. The van der Waals surface area contributed by atoms with Crippen LogP contribution in [0.1, 0.15) is 20.3 Å². The minimum Gasteiger partial charge on any atom is -0.484 e. The summed E-state index contributed by atoms with van der Waals surface area (Å²) in [6, 6.07) is 12.6. The summed E-state index contributed by atoms with van der Waals surface area (Å²) in [5, 5.41) is 7.30. The van der Waals surface area contributed by atoms with Crippen molar-refractivity contribution in [3.05, 3.63) is 42.5 Å². The Morgan fingerprint density at radius 3 is 2.69 bits per heavy atom. The van der Waals surface area contributed by atoms with Crippen LogP contribution in [0, 0.1) is 0 Å². The summed E-state index contributed by atoms with van der Waals surface area (Å²) in [4.78, 5) is 23.8. The second kappa shape index (κ2) is 7.91. The Hall–Kier alpha value is -3.02. The topological polar surface area (TPSA) is 80.6 Å². The number of ether oxygens (including phenoxy) is 1. The number of furan rings is 1. The van der Waals surface area contributed by atoms with Crippen LogP contribution in [0.2, 0.25) is 0 Å². The predicted molar refractivity (Wildman–Crippen MR) is 100 cm³/mol. The van der Waals surface area contributed by atoms with Crippen molar-refractivity contribution >= 4 is 33.8 Å². The van der Waals surface area contributed by atoms with Crippen LogP contribution in [0.15, 0.2) is 46.9 Å². The minimum absolute atomic E-state index is 0.160. The number of amides is 2. The highest BCUT2D eigenvalue weighted by Gasteiger charge is 2.15. The van der Waals surface area contributed by atoms with Gasteiger partial charge in [-0.25, -0.2) is 0 Å². The summed E-state index contributed by atoms with van der Waals surface area (Å²) in [5.41, 5.74) is 1.58. The van der Waals surface area contributed by atoms with Gasteiger partial charge in [0, 0.05) is 17.3 Å². The van der Waals surface area contributed by atoms with Gasteiger partial charge in [-0.3, -0.25) is 9.59 Å². The van der Waals surface area contributed by atoms with Crippen molar-refractivity contribution in [3.8, 4) is 5.75 Å². The first-order valence-corrected chi connectivity index (χ1v) is 8.69. The third kappa shape index (κ3) is 3.96. The molecule has 1 heterocycles. The van der Waals surface area contributed by atoms with Gasteiger partial charge in [-0.2, -0.15) is 0 Å². The van der Waals surface area contributed by atoms with Crippen molar-refractivity contribution < 1.29 is 18.7 Å². The van der Waals surface area contributed by atoms with Crippen molar-refractivity contribution in [2.45, 2.75) is 26.3 Å². The molecule has 0 bridgehead atoms. The van der Waals surface area contributed by atoms with Crippen molar-refractivity contribution in [3.63, 3.8) is 0 Å². The zero-order chi connectivity index (χ0) is 18.5. The molecule has 0 fully saturated rings. The third-order valence-corrected chi connectivity index (χ3v) is 4.04. The molecule has 3 aromatic rings. The molecule has 0 aliphatic rings. The quantitative estimate of drug-likeness (QED) is 0.683. The van der Waals surface area contributed by atoms with Crippen molar-refractivity contribution in [1.29, 1.82) is 0 Å². The summed E-state index contributed by atoms with van der Waals surface area (Å²) in [6.07, 6.45) is 0.848. The second-order valence-electron chi connectivity index (χ2n) is 6.13. The Bertz CT molecular complexity index is 932. The smallest absolute Gasteiger partial charge is 0.258 e. The molecule has 6 heteroatoms. The van der Waals surface area contributed by atoms with E-state index in [2.05, 4.69) is 10.6 Å². The minimum atomic E-state index is -0.599. The summed E-state index contributed by atoms with van der Waals surface area (Å²) in [7, 11) is 0. The fourth-order valence-electron chi connectivity index (χ4n) is 2.69. The van der Waals surface area contributed by atoms with Gasteiger partial charge in [-0.15, -0.1) is 0 Å². The van der Waals surface area contributed by atoms with E-state index < -0.39 is 6.04 Å². The van der Waals surface area contributed by atoms with E-state index in [1.165, 1.54) is 0 Å². The number of carbonyl (C=O) groups is 2. The van der Waals surface area contributed by atoms with Crippen molar-refractivity contribution in [1.82, 2.24) is 10.6 Å². The van der Waals surface area contributed by atoms with E-state index in [1.807, 2.05) is 43.3 Å². The van der Waals surface area contributed by atoms with E-state index >= 15 is 0 Å². The molecule has 3 rings (SSSR count). The van der Waals surface area contributed by atoms with Crippen molar-refractivity contribution in [2.75, 3.05) is 13.2 Å². The fourth-order valence-corrected chi connectivity index (χ4v) is 2.69. The molecular formula is C20H22N2O4. The van der Waals surface area contributed by atoms with Crippen LogP contribution in [0.5, 0.6) is 5.75 Å². The van der Waals surface area contributed by atoms with Crippen LogP contribution >= 0.6 is 0 Å². The van der Waals surface area contributed by atoms with Gasteiger partial charge < -0.3 is 19.8 Å². The highest BCUT2D eigenvalue weighted by molar-refractivity contribution is 6.05. The molecule has 2 N–H and O–H groups in total. The Balaban J connectivity index is 1.61. The molecule has 0 spiro atoms. The number of nitrogens with one attached hydrogen (secondary N) is 2. The van der Waals surface area contributed by atoms with Gasteiger partial charge in [0.05, 0.1) is 0 Å². The lowest BCUT2D eigenvalue weighted by molar-refractivity contribution is -0.129. The molecule has 0 aliphatic carbocycles. The average molecular weight is 354 g/mol. The van der Waals surface area contributed by atoms with Gasteiger partial charge in [0.25, 0.3) is 5.91 Å². The Morgan fingerprint density at radius 2 is 1.88 bits per heavy atom. The molecule has 2 amide bonds. The van der Waals surface area contributed by atoms with E-state index in [0.717, 1.165) is 28.4 Å². The number of hydrogen-bond acceptors (Lipinski definition) is 4. The lowest BCUT2D eigenvalue weighted by Crippen LogP contribution is -2.46. The van der Waals surface area contributed by atoms with Crippen molar-refractivity contribution in [2.24, 2.45) is 0 Å². The maximum atomic E-state index is 12.0. The van der Waals surface area contributed by atoms with E-state index in [1.54, 1.807) is 13.0 Å². The van der Waals surface area contributed by atoms with Crippen LogP contribution < -0.4 is 15.4 Å². The SMILES string of the molecule is CCCNC(=O)[C@@H](C)NC(=O)COc1ccc2oc3ccccc3c2c1. The fraction of sp³-hybridized carbons (Fsp3) is 0.300. The Morgan fingerprint density at radius 1 is 1.12 bits per heavy atom. The average Bonchev–Trinajstić information content (AvgIpc) is 3.02. The zero-order valence-corrected chi connectivity index (χ0v) is 14.9. The van der Waals surface area contributed by atoms with E-state index in [0.29, 0.717) is 12.3 Å². The monoisotopic (exact) mass is 354 g/mol. The van der Waals surface area contributed by atoms with Crippen LogP contribution in [-0.4, -0.2) is 31.0 Å². The number of para-hydroxylation sites is 1. The van der Waals surface area contributed by atoms with E-state index in [9.17, 15) is 9.59 Å². The summed E-state index contributed by atoms with van der Waals surface area (Å²) in [5.74, 6) is 0.0232. The van der Waals surface area contributed by atoms with Gasteiger partial charge in [0.15, 0.2) is 6.61 Å². The number of fused-ring (bicyclic) bond motifs is 3. The molecule has 0 aliphatic heterocycles. The molecule has 136 valence electrons. The maximum Gasteiger partial charge on any atom is 0.258 e. The van der Waals surface area contributed by atoms with Crippen LogP contribution in [0.25, 0.3) is 21.9 Å². The van der Waals surface area contributed by atoms with Crippen LogP contribution in [0.4, 0.5) is 0 Å². The first-order chi connectivity index (χ1) is 12.6. The number of benzene rings is 2. The van der Waals surface area contributed by atoms with Gasteiger partial charge in [-0.05, 0) is 37.6 Å². The standard InChI is InChI=1S/C20H22N2O4/c1-3-10-21-20(24)13(2)22-19(23)12-25-14-8-9-18-16(11-14)15-6-4-5-7-17(15)26-18/h4-9,11,13H,3,10,12H2,1-2H3,(H,21,24)(H,22,23)/t13-/m1/s1.